The van der Waals surface area contributed by atoms with E-state index >= 15 is 0 Å². The summed E-state index contributed by atoms with van der Waals surface area (Å²) in [6.07, 6.45) is 2.06. The van der Waals surface area contributed by atoms with E-state index in [0.29, 0.717) is 17.6 Å². The molecule has 0 aromatic rings. The molecule has 3 nitrogen and oxygen atoms in total. The molecule has 0 N–H and O–H groups in total. The van der Waals surface area contributed by atoms with Crippen LogP contribution in [-0.2, 0) is 9.84 Å². The molecule has 0 atom stereocenters. The van der Waals surface area contributed by atoms with Crippen LogP contribution in [0.2, 0.25) is 0 Å². The predicted molar refractivity (Wildman–Crippen MR) is 70.4 cm³/mol. The Morgan fingerprint density at radius 3 is 1.75 bits per heavy atom. The van der Waals surface area contributed by atoms with E-state index in [9.17, 15) is 8.42 Å². The average Bonchev–Trinajstić information content (AvgIpc) is 1.98. The quantitative estimate of drug-likeness (QED) is 0.660. The van der Waals surface area contributed by atoms with Gasteiger partial charge in [-0.25, -0.2) is 8.42 Å². The number of rotatable bonds is 8. The number of hydrogen-bond donors (Lipinski definition) is 0. The molecule has 0 aliphatic carbocycles. The fourth-order valence-electron chi connectivity index (χ4n) is 1.84. The minimum atomic E-state index is -2.80. The maximum Gasteiger partial charge on any atom is 0.147 e. The van der Waals surface area contributed by atoms with Crippen LogP contribution in [0, 0.1) is 11.8 Å². The number of sulfone groups is 1. The molecule has 0 rings (SSSR count). The van der Waals surface area contributed by atoms with Crippen molar-refractivity contribution in [2.75, 3.05) is 31.6 Å². The van der Waals surface area contributed by atoms with Gasteiger partial charge in [-0.2, -0.15) is 0 Å². The Kier molecular flexibility index (Phi) is 7.24. The smallest absolute Gasteiger partial charge is 0.147 e. The lowest BCUT2D eigenvalue weighted by Crippen LogP contribution is -2.33. The summed E-state index contributed by atoms with van der Waals surface area (Å²) in [5.41, 5.74) is 0. The van der Waals surface area contributed by atoms with Crippen LogP contribution < -0.4 is 0 Å². The second-order valence-corrected chi connectivity index (χ2v) is 7.79. The second-order valence-electron chi connectivity index (χ2n) is 5.53. The summed E-state index contributed by atoms with van der Waals surface area (Å²) in [6.45, 7) is 11.8. The van der Waals surface area contributed by atoms with Gasteiger partial charge in [0.1, 0.15) is 9.84 Å². The van der Waals surface area contributed by atoms with Crippen LogP contribution in [0.1, 0.15) is 34.1 Å². The van der Waals surface area contributed by atoms with Crippen LogP contribution in [0.15, 0.2) is 0 Å². The van der Waals surface area contributed by atoms with Crippen molar-refractivity contribution in [2.24, 2.45) is 11.8 Å². The number of hydrogen-bond acceptors (Lipinski definition) is 3. The molecule has 0 unspecified atom stereocenters. The summed E-state index contributed by atoms with van der Waals surface area (Å²) in [7, 11) is -2.80. The molecule has 0 bridgehead atoms. The first kappa shape index (κ1) is 15.9. The highest BCUT2D eigenvalue weighted by Gasteiger charge is 2.10. The lowest BCUT2D eigenvalue weighted by atomic mass is 10.1. The minimum absolute atomic E-state index is 0.305. The molecule has 0 saturated carbocycles. The summed E-state index contributed by atoms with van der Waals surface area (Å²) in [5.74, 6) is 1.58. The Hall–Kier alpha value is -0.0900. The highest BCUT2D eigenvalue weighted by Crippen LogP contribution is 2.05. The monoisotopic (exact) mass is 249 g/mol. The van der Waals surface area contributed by atoms with Gasteiger partial charge in [-0.15, -0.1) is 0 Å². The van der Waals surface area contributed by atoms with E-state index in [-0.39, 0.29) is 0 Å². The summed E-state index contributed by atoms with van der Waals surface area (Å²) >= 11 is 0. The first-order valence-corrected chi connectivity index (χ1v) is 8.17. The molecule has 0 heterocycles. The van der Waals surface area contributed by atoms with Gasteiger partial charge in [-0.05, 0) is 24.8 Å². The van der Waals surface area contributed by atoms with Crippen LogP contribution in [0.3, 0.4) is 0 Å². The molecule has 98 valence electrons. The van der Waals surface area contributed by atoms with E-state index in [0.717, 1.165) is 26.1 Å². The van der Waals surface area contributed by atoms with Crippen molar-refractivity contribution in [3.05, 3.63) is 0 Å². The molecule has 0 amide bonds. The Bertz CT molecular complexity index is 261. The standard InChI is InChI=1S/C12H27NO2S/c1-11(2)9-13(10-12(3)4)7-6-8-16(5,14)15/h11-12H,6-10H2,1-5H3. The van der Waals surface area contributed by atoms with E-state index in [2.05, 4.69) is 32.6 Å². The summed E-state index contributed by atoms with van der Waals surface area (Å²) in [6, 6.07) is 0. The average molecular weight is 249 g/mol. The molecule has 0 aliphatic rings. The zero-order valence-electron chi connectivity index (χ0n) is 11.4. The fourth-order valence-corrected chi connectivity index (χ4v) is 2.49. The molecule has 0 radical (unpaired) electrons. The first-order chi connectivity index (χ1) is 7.20. The van der Waals surface area contributed by atoms with Gasteiger partial charge in [0.05, 0.1) is 5.75 Å². The van der Waals surface area contributed by atoms with Crippen molar-refractivity contribution >= 4 is 9.84 Å². The van der Waals surface area contributed by atoms with Crippen molar-refractivity contribution in [2.45, 2.75) is 34.1 Å². The van der Waals surface area contributed by atoms with Gasteiger partial charge in [0.25, 0.3) is 0 Å². The van der Waals surface area contributed by atoms with Gasteiger partial charge in [0.15, 0.2) is 0 Å². The van der Waals surface area contributed by atoms with Crippen LogP contribution >= 0.6 is 0 Å². The number of nitrogens with zero attached hydrogens (tertiary/aromatic N) is 1. The minimum Gasteiger partial charge on any atom is -0.303 e. The molecule has 0 saturated heterocycles. The maximum atomic E-state index is 11.0. The Labute approximate surface area is 101 Å². The van der Waals surface area contributed by atoms with Gasteiger partial charge >= 0.3 is 0 Å². The SMILES string of the molecule is CC(C)CN(CCCS(C)(=O)=O)CC(C)C. The van der Waals surface area contributed by atoms with Crippen molar-refractivity contribution < 1.29 is 8.42 Å². The van der Waals surface area contributed by atoms with Crippen LogP contribution in [-0.4, -0.2) is 45.0 Å². The van der Waals surface area contributed by atoms with Crippen molar-refractivity contribution in [1.29, 1.82) is 0 Å². The Morgan fingerprint density at radius 1 is 1.00 bits per heavy atom. The second kappa shape index (κ2) is 7.28. The fraction of sp³-hybridized carbons (Fsp3) is 1.00. The molecule has 0 aliphatic heterocycles. The van der Waals surface area contributed by atoms with Crippen molar-refractivity contribution in [1.82, 2.24) is 4.90 Å². The van der Waals surface area contributed by atoms with Crippen LogP contribution in [0.25, 0.3) is 0 Å². The topological polar surface area (TPSA) is 37.4 Å². The molecule has 0 aromatic heterocycles. The van der Waals surface area contributed by atoms with E-state index in [4.69, 9.17) is 0 Å². The normalized spacial score (nSPS) is 13.0. The third kappa shape index (κ3) is 10.4. The summed E-state index contributed by atoms with van der Waals surface area (Å²) < 4.78 is 22.1. The predicted octanol–water partition coefficient (Wildman–Crippen LogP) is 2.04. The zero-order valence-corrected chi connectivity index (χ0v) is 12.2. The lowest BCUT2D eigenvalue weighted by molar-refractivity contribution is 0.220. The van der Waals surface area contributed by atoms with Gasteiger partial charge in [0, 0.05) is 19.3 Å². The van der Waals surface area contributed by atoms with E-state index < -0.39 is 9.84 Å². The largest absolute Gasteiger partial charge is 0.303 e. The maximum absolute atomic E-state index is 11.0. The first-order valence-electron chi connectivity index (χ1n) is 6.10. The van der Waals surface area contributed by atoms with Gasteiger partial charge < -0.3 is 4.90 Å². The summed E-state index contributed by atoms with van der Waals surface area (Å²) in [5, 5.41) is 0. The Morgan fingerprint density at radius 2 is 1.44 bits per heavy atom. The molecular formula is C12H27NO2S. The van der Waals surface area contributed by atoms with E-state index in [1.165, 1.54) is 6.26 Å². The van der Waals surface area contributed by atoms with Gasteiger partial charge in [-0.3, -0.25) is 0 Å². The van der Waals surface area contributed by atoms with Crippen LogP contribution in [0.4, 0.5) is 0 Å². The molecule has 0 aromatic carbocycles. The van der Waals surface area contributed by atoms with Crippen molar-refractivity contribution in [3.63, 3.8) is 0 Å². The van der Waals surface area contributed by atoms with Crippen molar-refractivity contribution in [3.8, 4) is 0 Å². The van der Waals surface area contributed by atoms with E-state index in [1.54, 1.807) is 0 Å². The third-order valence-corrected chi connectivity index (χ3v) is 3.27. The van der Waals surface area contributed by atoms with Gasteiger partial charge in [0.2, 0.25) is 0 Å². The highest BCUT2D eigenvalue weighted by atomic mass is 32.2. The molecule has 0 spiro atoms. The molecule has 4 heteroatoms. The highest BCUT2D eigenvalue weighted by molar-refractivity contribution is 7.90. The zero-order chi connectivity index (χ0) is 12.8. The molecule has 16 heavy (non-hydrogen) atoms. The lowest BCUT2D eigenvalue weighted by Gasteiger charge is -2.25. The third-order valence-electron chi connectivity index (χ3n) is 2.24. The van der Waals surface area contributed by atoms with Crippen LogP contribution in [0.5, 0.6) is 0 Å². The van der Waals surface area contributed by atoms with E-state index in [1.807, 2.05) is 0 Å². The summed E-state index contributed by atoms with van der Waals surface area (Å²) in [4.78, 5) is 2.38. The molecular weight excluding hydrogens is 222 g/mol. The van der Waals surface area contributed by atoms with Gasteiger partial charge in [-0.1, -0.05) is 27.7 Å². The molecule has 0 fully saturated rings. The Balaban J connectivity index is 4.01.